The number of carbonyl (C=O) groups is 2. The van der Waals surface area contributed by atoms with Crippen molar-refractivity contribution in [2.45, 2.75) is 76.6 Å². The molecule has 6 nitrogen and oxygen atoms in total. The van der Waals surface area contributed by atoms with E-state index in [4.69, 9.17) is 9.15 Å². The SMILES string of the molecule is CCC(C)C(CNC(Cc1ccccc1)C(=O)CSCc1ccco1)NC(=O)OCC1CCCCC1. The Balaban J connectivity index is 1.55. The number of rotatable bonds is 15. The summed E-state index contributed by atoms with van der Waals surface area (Å²) < 4.78 is 11.0. The minimum atomic E-state index is -0.354. The number of hydrogen-bond donors (Lipinski definition) is 2. The molecule has 0 bridgehead atoms. The van der Waals surface area contributed by atoms with E-state index in [0.29, 0.717) is 37.0 Å². The molecule has 1 aliphatic carbocycles. The van der Waals surface area contributed by atoms with Crippen molar-refractivity contribution in [3.63, 3.8) is 0 Å². The second kappa shape index (κ2) is 15.8. The lowest BCUT2D eigenvalue weighted by atomic mass is 9.90. The van der Waals surface area contributed by atoms with Crippen molar-refractivity contribution >= 4 is 23.6 Å². The highest BCUT2D eigenvalue weighted by molar-refractivity contribution is 7.99. The van der Waals surface area contributed by atoms with E-state index in [1.54, 1.807) is 18.0 Å². The number of thioether (sulfide) groups is 1. The zero-order valence-electron chi connectivity index (χ0n) is 21.7. The van der Waals surface area contributed by atoms with Gasteiger partial charge in [-0.3, -0.25) is 4.79 Å². The molecule has 1 fully saturated rings. The summed E-state index contributed by atoms with van der Waals surface area (Å²) in [7, 11) is 0. The number of furan rings is 1. The minimum Gasteiger partial charge on any atom is -0.468 e. The van der Waals surface area contributed by atoms with Gasteiger partial charge in [0, 0.05) is 12.6 Å². The molecule has 0 saturated heterocycles. The fraction of sp³-hybridized carbons (Fsp3) is 0.586. The number of benzene rings is 1. The van der Waals surface area contributed by atoms with Crippen LogP contribution in [0.1, 0.15) is 63.7 Å². The largest absolute Gasteiger partial charge is 0.468 e. The molecule has 1 amide bonds. The lowest BCUT2D eigenvalue weighted by Crippen LogP contribution is -2.51. The summed E-state index contributed by atoms with van der Waals surface area (Å²) in [5.74, 6) is 2.82. The summed E-state index contributed by atoms with van der Waals surface area (Å²) in [4.78, 5) is 25.8. The van der Waals surface area contributed by atoms with Crippen LogP contribution in [0.25, 0.3) is 0 Å². The molecule has 0 spiro atoms. The summed E-state index contributed by atoms with van der Waals surface area (Å²) in [6, 6.07) is 13.4. The van der Waals surface area contributed by atoms with Gasteiger partial charge < -0.3 is 19.8 Å². The molecular weight excluding hydrogens is 472 g/mol. The Hall–Kier alpha value is -2.25. The maximum atomic E-state index is 13.2. The third kappa shape index (κ3) is 10.0. The van der Waals surface area contributed by atoms with Crippen LogP contribution >= 0.6 is 11.8 Å². The number of ether oxygens (including phenoxy) is 1. The molecule has 1 aromatic heterocycles. The van der Waals surface area contributed by atoms with Gasteiger partial charge in [0.25, 0.3) is 0 Å². The fourth-order valence-electron chi connectivity index (χ4n) is 4.59. The monoisotopic (exact) mass is 514 g/mol. The summed E-state index contributed by atoms with van der Waals surface area (Å²) in [6.07, 6.45) is 8.86. The Morgan fingerprint density at radius 3 is 2.58 bits per heavy atom. The van der Waals surface area contributed by atoms with Gasteiger partial charge in [0.05, 0.1) is 30.4 Å². The first kappa shape index (κ1) is 28.3. The van der Waals surface area contributed by atoms with Crippen molar-refractivity contribution in [3.8, 4) is 0 Å². The molecule has 1 aliphatic rings. The molecule has 1 heterocycles. The summed E-state index contributed by atoms with van der Waals surface area (Å²) in [5, 5.41) is 6.56. The van der Waals surface area contributed by atoms with Gasteiger partial charge in [0.15, 0.2) is 5.78 Å². The van der Waals surface area contributed by atoms with Crippen molar-refractivity contribution in [1.29, 1.82) is 0 Å². The van der Waals surface area contributed by atoms with E-state index in [-0.39, 0.29) is 29.9 Å². The van der Waals surface area contributed by atoms with Crippen LogP contribution in [0.15, 0.2) is 53.1 Å². The molecule has 1 saturated carbocycles. The number of ketones is 1. The highest BCUT2D eigenvalue weighted by Gasteiger charge is 2.24. The van der Waals surface area contributed by atoms with Crippen molar-refractivity contribution in [2.75, 3.05) is 18.9 Å². The highest BCUT2D eigenvalue weighted by atomic mass is 32.2. The maximum Gasteiger partial charge on any atom is 0.407 e. The van der Waals surface area contributed by atoms with Gasteiger partial charge in [-0.2, -0.15) is 0 Å². The van der Waals surface area contributed by atoms with Gasteiger partial charge in [-0.15, -0.1) is 11.8 Å². The lowest BCUT2D eigenvalue weighted by molar-refractivity contribution is -0.118. The van der Waals surface area contributed by atoms with E-state index in [0.717, 1.165) is 30.6 Å². The van der Waals surface area contributed by atoms with Crippen LogP contribution in [0.3, 0.4) is 0 Å². The number of amides is 1. The number of nitrogens with one attached hydrogen (secondary N) is 2. The number of hydrogen-bond acceptors (Lipinski definition) is 6. The van der Waals surface area contributed by atoms with Crippen LogP contribution in [0.4, 0.5) is 4.79 Å². The molecule has 36 heavy (non-hydrogen) atoms. The van der Waals surface area contributed by atoms with Crippen molar-refractivity contribution in [2.24, 2.45) is 11.8 Å². The number of Topliss-reactive ketones (excluding diaryl/α,β-unsaturated/α-hetero) is 1. The minimum absolute atomic E-state index is 0.115. The Morgan fingerprint density at radius 2 is 1.89 bits per heavy atom. The quantitative estimate of drug-likeness (QED) is 0.303. The van der Waals surface area contributed by atoms with E-state index >= 15 is 0 Å². The molecule has 2 aromatic rings. The third-order valence-corrected chi connectivity index (χ3v) is 8.11. The lowest BCUT2D eigenvalue weighted by Gasteiger charge is -2.28. The summed E-state index contributed by atoms with van der Waals surface area (Å²) in [6.45, 7) is 5.25. The van der Waals surface area contributed by atoms with Crippen LogP contribution in [-0.2, 0) is 21.7 Å². The average molecular weight is 515 g/mol. The van der Waals surface area contributed by atoms with Gasteiger partial charge in [0.2, 0.25) is 0 Å². The van der Waals surface area contributed by atoms with E-state index in [1.807, 2.05) is 42.5 Å². The first-order chi connectivity index (χ1) is 17.5. The van der Waals surface area contributed by atoms with Crippen LogP contribution < -0.4 is 10.6 Å². The molecule has 3 rings (SSSR count). The van der Waals surface area contributed by atoms with Crippen LogP contribution in [0.2, 0.25) is 0 Å². The zero-order valence-corrected chi connectivity index (χ0v) is 22.6. The predicted octanol–water partition coefficient (Wildman–Crippen LogP) is 6.00. The van der Waals surface area contributed by atoms with Crippen molar-refractivity contribution < 1.29 is 18.7 Å². The van der Waals surface area contributed by atoms with E-state index in [9.17, 15) is 9.59 Å². The number of carbonyl (C=O) groups excluding carboxylic acids is 2. The van der Waals surface area contributed by atoms with E-state index < -0.39 is 0 Å². The van der Waals surface area contributed by atoms with Crippen LogP contribution in [0.5, 0.6) is 0 Å². The van der Waals surface area contributed by atoms with Gasteiger partial charge in [0.1, 0.15) is 5.76 Å². The van der Waals surface area contributed by atoms with E-state index in [1.165, 1.54) is 19.3 Å². The Bertz CT molecular complexity index is 884. The zero-order chi connectivity index (χ0) is 25.6. The smallest absolute Gasteiger partial charge is 0.407 e. The van der Waals surface area contributed by atoms with Crippen molar-refractivity contribution in [3.05, 3.63) is 60.1 Å². The second-order valence-corrected chi connectivity index (χ2v) is 10.9. The average Bonchev–Trinajstić information content (AvgIpc) is 3.43. The summed E-state index contributed by atoms with van der Waals surface area (Å²) in [5.41, 5.74) is 1.11. The molecule has 7 heteroatoms. The molecule has 1 aromatic carbocycles. The molecule has 3 atom stereocenters. The van der Waals surface area contributed by atoms with E-state index in [2.05, 4.69) is 24.5 Å². The fourth-order valence-corrected chi connectivity index (χ4v) is 5.46. The third-order valence-electron chi connectivity index (χ3n) is 7.13. The van der Waals surface area contributed by atoms with Crippen molar-refractivity contribution in [1.82, 2.24) is 10.6 Å². The molecule has 2 N–H and O–H groups in total. The Kier molecular flexibility index (Phi) is 12.4. The highest BCUT2D eigenvalue weighted by Crippen LogP contribution is 2.23. The normalized spacial score (nSPS) is 16.7. The Morgan fingerprint density at radius 1 is 1.11 bits per heavy atom. The number of alkyl carbamates (subject to hydrolysis) is 1. The molecule has 3 unspecified atom stereocenters. The van der Waals surface area contributed by atoms with Crippen LogP contribution in [0, 0.1) is 11.8 Å². The van der Waals surface area contributed by atoms with Gasteiger partial charge in [-0.25, -0.2) is 4.79 Å². The molecule has 198 valence electrons. The molecule has 0 radical (unpaired) electrons. The first-order valence-corrected chi connectivity index (χ1v) is 14.5. The standard InChI is InChI=1S/C29H42N2O4S/c1-3-22(2)27(31-29(33)35-19-24-13-8-5-9-14-24)18-30-26(17-23-11-6-4-7-12-23)28(32)21-36-20-25-15-10-16-34-25/h4,6-7,10-12,15-16,22,24,26-27,30H,3,5,8-9,13-14,17-21H2,1-2H3,(H,31,33). The van der Waals surface area contributed by atoms with Gasteiger partial charge in [-0.1, -0.05) is 69.9 Å². The molecular formula is C29H42N2O4S. The summed E-state index contributed by atoms with van der Waals surface area (Å²) >= 11 is 1.56. The molecule has 0 aliphatic heterocycles. The van der Waals surface area contributed by atoms with Gasteiger partial charge >= 0.3 is 6.09 Å². The topological polar surface area (TPSA) is 80.6 Å². The Labute approximate surface area is 220 Å². The predicted molar refractivity (Wildman–Crippen MR) is 146 cm³/mol. The first-order valence-electron chi connectivity index (χ1n) is 13.4. The van der Waals surface area contributed by atoms with Crippen LogP contribution in [-0.4, -0.2) is 42.9 Å². The second-order valence-electron chi connectivity index (χ2n) is 9.93. The maximum absolute atomic E-state index is 13.2. The van der Waals surface area contributed by atoms with Gasteiger partial charge in [-0.05, 0) is 48.8 Å².